The van der Waals surface area contributed by atoms with E-state index in [4.69, 9.17) is 4.74 Å². The number of aryl methyl sites for hydroxylation is 1. The summed E-state index contributed by atoms with van der Waals surface area (Å²) in [7, 11) is -3.63. The summed E-state index contributed by atoms with van der Waals surface area (Å²) in [6, 6.07) is 6.15. The van der Waals surface area contributed by atoms with Crippen molar-refractivity contribution in [1.82, 2.24) is 19.6 Å². The number of aromatic nitrogens is 2. The summed E-state index contributed by atoms with van der Waals surface area (Å²) >= 11 is 0. The van der Waals surface area contributed by atoms with Crippen LogP contribution in [0.5, 0.6) is 11.6 Å². The maximum atomic E-state index is 13.0. The zero-order valence-electron chi connectivity index (χ0n) is 16.4. The molecule has 0 bridgehead atoms. The van der Waals surface area contributed by atoms with Crippen molar-refractivity contribution in [2.45, 2.75) is 31.2 Å². The number of amides is 1. The second-order valence-corrected chi connectivity index (χ2v) is 8.96. The highest BCUT2D eigenvalue weighted by molar-refractivity contribution is 7.89. The molecule has 154 valence electrons. The van der Waals surface area contributed by atoms with E-state index in [0.717, 1.165) is 5.69 Å². The number of hydrogen-bond acceptors (Lipinski definition) is 6. The van der Waals surface area contributed by atoms with E-state index in [-0.39, 0.29) is 22.8 Å². The van der Waals surface area contributed by atoms with Crippen molar-refractivity contribution >= 4 is 15.9 Å². The molecular formula is C20H24N4O4S. The first kappa shape index (κ1) is 20.9. The van der Waals surface area contributed by atoms with Gasteiger partial charge in [0.15, 0.2) is 0 Å². The van der Waals surface area contributed by atoms with Crippen LogP contribution < -0.4 is 10.1 Å². The fourth-order valence-electron chi connectivity index (χ4n) is 3.22. The molecule has 8 nitrogen and oxygen atoms in total. The number of ether oxygens (including phenoxy) is 1. The summed E-state index contributed by atoms with van der Waals surface area (Å²) in [5.41, 5.74) is 0.725. The lowest BCUT2D eigenvalue weighted by molar-refractivity contribution is -0.117. The Labute approximate surface area is 170 Å². The molecule has 0 radical (unpaired) electrons. The van der Waals surface area contributed by atoms with Gasteiger partial charge in [0, 0.05) is 25.3 Å². The van der Waals surface area contributed by atoms with Gasteiger partial charge in [0.1, 0.15) is 5.75 Å². The van der Waals surface area contributed by atoms with E-state index < -0.39 is 10.0 Å². The lowest BCUT2D eigenvalue weighted by atomic mass is 9.95. The zero-order valence-corrected chi connectivity index (χ0v) is 17.2. The summed E-state index contributed by atoms with van der Waals surface area (Å²) in [6.07, 6.45) is 4.89. The first-order valence-corrected chi connectivity index (χ1v) is 10.7. The summed E-state index contributed by atoms with van der Waals surface area (Å²) in [6.45, 7) is 7.85. The highest BCUT2D eigenvalue weighted by atomic mass is 32.2. The van der Waals surface area contributed by atoms with Crippen LogP contribution in [-0.2, 0) is 14.8 Å². The third kappa shape index (κ3) is 4.99. The summed E-state index contributed by atoms with van der Waals surface area (Å²) in [5.74, 6) is 0.568. The number of nitrogens with zero attached hydrogens (tertiary/aromatic N) is 3. The molecule has 2 aromatic rings. The van der Waals surface area contributed by atoms with E-state index in [1.807, 2.05) is 13.8 Å². The highest BCUT2D eigenvalue weighted by Crippen LogP contribution is 2.26. The van der Waals surface area contributed by atoms with E-state index in [9.17, 15) is 13.2 Å². The van der Waals surface area contributed by atoms with Crippen molar-refractivity contribution in [3.63, 3.8) is 0 Å². The second-order valence-electron chi connectivity index (χ2n) is 7.02. The Morgan fingerprint density at radius 2 is 2.03 bits per heavy atom. The molecule has 9 heteroatoms. The molecule has 1 aliphatic rings. The summed E-state index contributed by atoms with van der Waals surface area (Å²) < 4.78 is 33.1. The first-order valence-electron chi connectivity index (χ1n) is 9.29. The fourth-order valence-corrected chi connectivity index (χ4v) is 4.78. The molecule has 3 rings (SSSR count). The van der Waals surface area contributed by atoms with Gasteiger partial charge in [-0.3, -0.25) is 9.78 Å². The number of carbonyl (C=O) groups excluding carboxylic acids is 1. The highest BCUT2D eigenvalue weighted by Gasteiger charge is 2.33. The van der Waals surface area contributed by atoms with Gasteiger partial charge >= 0.3 is 0 Å². The second kappa shape index (κ2) is 8.71. The van der Waals surface area contributed by atoms with Crippen LogP contribution in [0.3, 0.4) is 0 Å². The molecule has 1 aromatic heterocycles. The van der Waals surface area contributed by atoms with Crippen molar-refractivity contribution < 1.29 is 17.9 Å². The minimum Gasteiger partial charge on any atom is -0.437 e. The van der Waals surface area contributed by atoms with Crippen molar-refractivity contribution in [2.24, 2.45) is 5.92 Å². The number of piperidine rings is 1. The molecule has 0 spiro atoms. The van der Waals surface area contributed by atoms with Crippen LogP contribution in [0, 0.1) is 12.8 Å². The molecule has 1 amide bonds. The van der Waals surface area contributed by atoms with Gasteiger partial charge in [-0.05, 0) is 49.6 Å². The van der Waals surface area contributed by atoms with E-state index in [2.05, 4.69) is 21.9 Å². The van der Waals surface area contributed by atoms with Gasteiger partial charge in [0.2, 0.25) is 21.8 Å². The minimum absolute atomic E-state index is 0.00933. The molecule has 1 saturated heterocycles. The molecular weight excluding hydrogens is 392 g/mol. The van der Waals surface area contributed by atoms with E-state index in [0.29, 0.717) is 31.1 Å². The van der Waals surface area contributed by atoms with Crippen LogP contribution in [0.2, 0.25) is 0 Å². The van der Waals surface area contributed by atoms with Crippen LogP contribution in [0.4, 0.5) is 0 Å². The Bertz CT molecular complexity index is 992. The lowest BCUT2D eigenvalue weighted by Gasteiger charge is -2.36. The van der Waals surface area contributed by atoms with Crippen LogP contribution in [-0.4, -0.2) is 47.7 Å². The average Bonchev–Trinajstić information content (AvgIpc) is 2.69. The Hall–Kier alpha value is -2.78. The third-order valence-electron chi connectivity index (χ3n) is 4.80. The molecule has 1 fully saturated rings. The molecule has 29 heavy (non-hydrogen) atoms. The number of hydrogen-bond donors (Lipinski definition) is 1. The first-order chi connectivity index (χ1) is 13.8. The van der Waals surface area contributed by atoms with Gasteiger partial charge in [0.05, 0.1) is 16.8 Å². The Balaban J connectivity index is 1.68. The van der Waals surface area contributed by atoms with Crippen LogP contribution in [0.1, 0.15) is 19.0 Å². The van der Waals surface area contributed by atoms with E-state index >= 15 is 0 Å². The predicted octanol–water partition coefficient (Wildman–Crippen LogP) is 2.28. The number of nitrogens with one attached hydrogen (secondary N) is 1. The normalized spacial score (nSPS) is 20.1. The summed E-state index contributed by atoms with van der Waals surface area (Å²) in [5, 5.41) is 2.86. The molecule has 2 atom stereocenters. The largest absolute Gasteiger partial charge is 0.437 e. The van der Waals surface area contributed by atoms with Crippen LogP contribution in [0.25, 0.3) is 0 Å². The Morgan fingerprint density at radius 1 is 1.31 bits per heavy atom. The van der Waals surface area contributed by atoms with Gasteiger partial charge < -0.3 is 10.1 Å². The Morgan fingerprint density at radius 3 is 2.66 bits per heavy atom. The predicted molar refractivity (Wildman–Crippen MR) is 108 cm³/mol. The van der Waals surface area contributed by atoms with Crippen molar-refractivity contribution in [3.05, 3.63) is 55.0 Å². The maximum Gasteiger partial charge on any atom is 0.243 e. The van der Waals surface area contributed by atoms with Gasteiger partial charge in [-0.2, -0.15) is 4.31 Å². The number of carbonyl (C=O) groups is 1. The van der Waals surface area contributed by atoms with Gasteiger partial charge in [-0.15, -0.1) is 0 Å². The van der Waals surface area contributed by atoms with Crippen molar-refractivity contribution in [3.8, 4) is 11.6 Å². The monoisotopic (exact) mass is 416 g/mol. The van der Waals surface area contributed by atoms with Gasteiger partial charge in [-0.1, -0.05) is 13.5 Å². The molecule has 0 aliphatic carbocycles. The molecule has 2 unspecified atom stereocenters. The van der Waals surface area contributed by atoms with Crippen LogP contribution in [0.15, 0.2) is 54.2 Å². The van der Waals surface area contributed by atoms with E-state index in [1.165, 1.54) is 28.7 Å². The van der Waals surface area contributed by atoms with Gasteiger partial charge in [0.25, 0.3) is 0 Å². The molecule has 2 heterocycles. The zero-order chi connectivity index (χ0) is 21.0. The molecule has 0 saturated carbocycles. The fraction of sp³-hybridized carbons (Fsp3) is 0.350. The smallest absolute Gasteiger partial charge is 0.243 e. The molecule has 1 aliphatic heterocycles. The SMILES string of the molecule is C=CC(=O)NC1CCN(S(=O)(=O)c2ccc(Oc3cncc(C)n3)cc2)CC1C. The number of sulfonamides is 1. The minimum atomic E-state index is -3.63. The van der Waals surface area contributed by atoms with Gasteiger partial charge in [-0.25, -0.2) is 13.4 Å². The Kier molecular flexibility index (Phi) is 6.29. The van der Waals surface area contributed by atoms with Crippen molar-refractivity contribution in [1.29, 1.82) is 0 Å². The standard InChI is InChI=1S/C20H24N4O4S/c1-4-19(25)23-18-9-10-24(13-14(18)2)29(26,27)17-7-5-16(6-8-17)28-20-12-21-11-15(3)22-20/h4-8,11-12,14,18H,1,9-10,13H2,2-3H3,(H,23,25). The number of rotatable bonds is 6. The van der Waals surface area contributed by atoms with Crippen LogP contribution >= 0.6 is 0 Å². The van der Waals surface area contributed by atoms with E-state index in [1.54, 1.807) is 18.3 Å². The molecule has 1 aromatic carbocycles. The topological polar surface area (TPSA) is 101 Å². The summed E-state index contributed by atoms with van der Waals surface area (Å²) in [4.78, 5) is 19.9. The maximum absolute atomic E-state index is 13.0. The quantitative estimate of drug-likeness (QED) is 0.725. The lowest BCUT2D eigenvalue weighted by Crippen LogP contribution is -2.51. The van der Waals surface area contributed by atoms with Crippen molar-refractivity contribution in [2.75, 3.05) is 13.1 Å². The average molecular weight is 417 g/mol. The molecule has 1 N–H and O–H groups in total. The number of benzene rings is 1. The third-order valence-corrected chi connectivity index (χ3v) is 6.68.